The van der Waals surface area contributed by atoms with Crippen LogP contribution in [-0.2, 0) is 22.5 Å². The average Bonchev–Trinajstić information content (AvgIpc) is 3.23. The second-order valence-electron chi connectivity index (χ2n) is 10.7. The largest absolute Gasteiger partial charge is 0.493 e. The number of carboxylic acids is 1. The van der Waals surface area contributed by atoms with Gasteiger partial charge in [-0.05, 0) is 68.0 Å². The maximum absolute atomic E-state index is 13.4. The molecule has 39 heavy (non-hydrogen) atoms. The molecule has 2 unspecified atom stereocenters. The number of aliphatic hydroxyl groups is 3. The lowest BCUT2D eigenvalue weighted by Gasteiger charge is -2.38. The molecule has 1 aliphatic carbocycles. The number of carbonyl (C=O) groups excluding carboxylic acids is 1. The van der Waals surface area contributed by atoms with Crippen molar-refractivity contribution in [3.8, 4) is 11.5 Å². The highest BCUT2D eigenvalue weighted by atomic mass is 16.7. The van der Waals surface area contributed by atoms with Crippen molar-refractivity contribution in [1.82, 2.24) is 4.90 Å². The summed E-state index contributed by atoms with van der Waals surface area (Å²) in [6.07, 6.45) is -5.24. The number of hydrogen-bond donors (Lipinski definition) is 4. The summed E-state index contributed by atoms with van der Waals surface area (Å²) < 4.78 is 16.4. The van der Waals surface area contributed by atoms with E-state index in [1.807, 2.05) is 6.07 Å². The topological polar surface area (TPSA) is 146 Å². The van der Waals surface area contributed by atoms with Gasteiger partial charge in [-0.3, -0.25) is 9.69 Å². The fourth-order valence-electron chi connectivity index (χ4n) is 5.92. The van der Waals surface area contributed by atoms with Gasteiger partial charge in [-0.2, -0.15) is 0 Å². The third kappa shape index (κ3) is 5.80. The third-order valence-corrected chi connectivity index (χ3v) is 8.12. The number of methoxy groups -OCH3 is 1. The van der Waals surface area contributed by atoms with Gasteiger partial charge in [0.25, 0.3) is 0 Å². The molecule has 0 spiro atoms. The normalized spacial score (nSPS) is 29.7. The van der Waals surface area contributed by atoms with Crippen LogP contribution in [-0.4, -0.2) is 88.0 Å². The molecule has 0 bridgehead atoms. The molecule has 2 saturated heterocycles. The lowest BCUT2D eigenvalue weighted by molar-refractivity contribution is -0.271. The summed E-state index contributed by atoms with van der Waals surface area (Å²) in [5.74, 6) is -0.795. The zero-order valence-electron chi connectivity index (χ0n) is 21.8. The lowest BCUT2D eigenvalue weighted by Crippen LogP contribution is -2.61. The molecule has 2 heterocycles. The number of ketones is 1. The molecular formula is C29H35NO9. The Morgan fingerprint density at radius 2 is 1.74 bits per heavy atom. The molecule has 2 aromatic carbocycles. The monoisotopic (exact) mass is 541 g/mol. The van der Waals surface area contributed by atoms with Crippen LogP contribution >= 0.6 is 0 Å². The van der Waals surface area contributed by atoms with Crippen LogP contribution in [0.3, 0.4) is 0 Å². The highest BCUT2D eigenvalue weighted by Gasteiger charge is 2.48. The summed E-state index contributed by atoms with van der Waals surface area (Å²) in [5.41, 5.74) is 2.65. The summed E-state index contributed by atoms with van der Waals surface area (Å²) in [6.45, 7) is 2.94. The Bertz CT molecular complexity index is 1180. The first-order valence-electron chi connectivity index (χ1n) is 13.4. The molecule has 2 fully saturated rings. The number of aliphatic hydroxyl groups excluding tert-OH is 3. The van der Waals surface area contributed by atoms with E-state index in [2.05, 4.69) is 29.2 Å². The molecule has 6 atom stereocenters. The molecule has 5 rings (SSSR count). The fraction of sp³-hybridized carbons (Fsp3) is 0.517. The van der Waals surface area contributed by atoms with Crippen molar-refractivity contribution in [3.05, 3.63) is 59.2 Å². The highest BCUT2D eigenvalue weighted by Crippen LogP contribution is 2.41. The number of Topliss-reactive ketones (excluding diaryl/α,β-unsaturated/α-hetero) is 1. The average molecular weight is 542 g/mol. The van der Waals surface area contributed by atoms with E-state index < -0.39 is 36.7 Å². The fourth-order valence-corrected chi connectivity index (χ4v) is 5.92. The molecule has 10 heteroatoms. The van der Waals surface area contributed by atoms with Gasteiger partial charge in [-0.25, -0.2) is 4.79 Å². The van der Waals surface area contributed by atoms with Crippen molar-refractivity contribution in [2.75, 3.05) is 20.2 Å². The van der Waals surface area contributed by atoms with Crippen LogP contribution in [0.2, 0.25) is 0 Å². The Balaban J connectivity index is 1.23. The number of carboxylic acid groups (broad SMARTS) is 1. The first-order valence-corrected chi connectivity index (χ1v) is 13.4. The van der Waals surface area contributed by atoms with E-state index >= 15 is 0 Å². The maximum Gasteiger partial charge on any atom is 0.335 e. The van der Waals surface area contributed by atoms with Crippen LogP contribution in [0.25, 0.3) is 0 Å². The van der Waals surface area contributed by atoms with Gasteiger partial charge in [0.1, 0.15) is 18.3 Å². The third-order valence-electron chi connectivity index (χ3n) is 8.12. The number of aliphatic carboxylic acids is 1. The second kappa shape index (κ2) is 11.6. The Labute approximate surface area is 226 Å². The number of nitrogens with zero attached hydrogens (tertiary/aromatic N) is 1. The van der Waals surface area contributed by atoms with Gasteiger partial charge in [0.15, 0.2) is 23.4 Å². The molecule has 2 aliphatic heterocycles. The summed E-state index contributed by atoms with van der Waals surface area (Å²) in [6, 6.07) is 13.7. The van der Waals surface area contributed by atoms with E-state index in [0.717, 1.165) is 44.5 Å². The van der Waals surface area contributed by atoms with Crippen LogP contribution in [0.5, 0.6) is 11.5 Å². The molecule has 0 aromatic heterocycles. The van der Waals surface area contributed by atoms with Crippen LogP contribution in [0.1, 0.15) is 40.7 Å². The zero-order valence-corrected chi connectivity index (χ0v) is 21.8. The summed E-state index contributed by atoms with van der Waals surface area (Å²) in [4.78, 5) is 27.3. The Kier molecular flexibility index (Phi) is 8.20. The molecule has 0 amide bonds. The van der Waals surface area contributed by atoms with E-state index in [9.17, 15) is 30.0 Å². The molecule has 4 N–H and O–H groups in total. The number of rotatable bonds is 8. The van der Waals surface area contributed by atoms with Crippen LogP contribution in [0, 0.1) is 11.8 Å². The van der Waals surface area contributed by atoms with Crippen molar-refractivity contribution >= 4 is 11.8 Å². The Morgan fingerprint density at radius 1 is 1.03 bits per heavy atom. The smallest absolute Gasteiger partial charge is 0.335 e. The molecule has 0 radical (unpaired) electrons. The predicted octanol–water partition coefficient (Wildman–Crippen LogP) is 1.62. The number of piperidine rings is 1. The molecule has 210 valence electrons. The minimum absolute atomic E-state index is 0.0215. The zero-order chi connectivity index (χ0) is 27.7. The van der Waals surface area contributed by atoms with Crippen LogP contribution in [0.4, 0.5) is 0 Å². The molecule has 2 aromatic rings. The number of carbonyl (C=O) groups is 2. The quantitative estimate of drug-likeness (QED) is 0.389. The number of ether oxygens (including phenoxy) is 3. The van der Waals surface area contributed by atoms with E-state index in [0.29, 0.717) is 23.7 Å². The Morgan fingerprint density at radius 3 is 2.41 bits per heavy atom. The van der Waals surface area contributed by atoms with E-state index in [1.165, 1.54) is 18.7 Å². The van der Waals surface area contributed by atoms with Crippen molar-refractivity contribution < 1.29 is 44.2 Å². The molecule has 10 nitrogen and oxygen atoms in total. The van der Waals surface area contributed by atoms with Crippen molar-refractivity contribution in [3.63, 3.8) is 0 Å². The minimum Gasteiger partial charge on any atom is -0.493 e. The standard InChI is InChI=1S/C29H35NO9/c1-37-21-13-18-12-19(11-16-7-9-30(10-8-16)15-17-5-3-2-4-6-17)23(31)20(18)14-22(21)38-29-26(34)24(32)25(33)27(39-29)28(35)36/h2-6,13-14,16,19,24-27,29,32-34H,7-12,15H2,1H3,(H,35,36)/t19?,24-,25-,26+,27-,29?/m0/s1. The van der Waals surface area contributed by atoms with E-state index in [-0.39, 0.29) is 17.5 Å². The van der Waals surface area contributed by atoms with Gasteiger partial charge >= 0.3 is 5.97 Å². The lowest BCUT2D eigenvalue weighted by atomic mass is 9.85. The number of hydrogen-bond acceptors (Lipinski definition) is 9. The van der Waals surface area contributed by atoms with E-state index in [1.54, 1.807) is 6.07 Å². The number of fused-ring (bicyclic) bond motifs is 1. The number of benzene rings is 2. The SMILES string of the molecule is COc1cc2c(cc1OC1O[C@H](C(=O)O)[C@@H](O)[C@H](O)[C@H]1O)C(=O)C(CC1CCN(Cc3ccccc3)CC1)C2. The highest BCUT2D eigenvalue weighted by molar-refractivity contribution is 6.02. The minimum atomic E-state index is -1.83. The van der Waals surface area contributed by atoms with E-state index in [4.69, 9.17) is 14.2 Å². The molecule has 0 saturated carbocycles. The predicted molar refractivity (Wildman–Crippen MR) is 139 cm³/mol. The van der Waals surface area contributed by atoms with Crippen molar-refractivity contribution in [2.45, 2.75) is 62.9 Å². The van der Waals surface area contributed by atoms with Gasteiger partial charge in [0.2, 0.25) is 6.29 Å². The molecule has 3 aliphatic rings. The first kappa shape index (κ1) is 27.5. The molecular weight excluding hydrogens is 506 g/mol. The van der Waals surface area contributed by atoms with Crippen molar-refractivity contribution in [2.24, 2.45) is 11.8 Å². The van der Waals surface area contributed by atoms with Gasteiger partial charge in [-0.15, -0.1) is 0 Å². The Hall–Kier alpha value is -3.02. The second-order valence-corrected chi connectivity index (χ2v) is 10.7. The summed E-state index contributed by atoms with van der Waals surface area (Å²) in [7, 11) is 1.43. The van der Waals surface area contributed by atoms with Gasteiger partial charge < -0.3 is 34.6 Å². The van der Waals surface area contributed by atoms with Crippen LogP contribution in [0.15, 0.2) is 42.5 Å². The maximum atomic E-state index is 13.4. The van der Waals surface area contributed by atoms with Gasteiger partial charge in [0, 0.05) is 18.0 Å². The number of likely N-dealkylation sites (tertiary alicyclic amines) is 1. The van der Waals surface area contributed by atoms with Gasteiger partial charge in [-0.1, -0.05) is 30.3 Å². The van der Waals surface area contributed by atoms with Crippen molar-refractivity contribution in [1.29, 1.82) is 0 Å². The van der Waals surface area contributed by atoms with Crippen LogP contribution < -0.4 is 9.47 Å². The summed E-state index contributed by atoms with van der Waals surface area (Å²) >= 11 is 0. The van der Waals surface area contributed by atoms with Gasteiger partial charge in [0.05, 0.1) is 7.11 Å². The summed E-state index contributed by atoms with van der Waals surface area (Å²) in [5, 5.41) is 39.7. The first-order chi connectivity index (χ1) is 18.7.